The van der Waals surface area contributed by atoms with Gasteiger partial charge in [-0.1, -0.05) is 37.3 Å². The third kappa shape index (κ3) is 3.12. The van der Waals surface area contributed by atoms with Crippen molar-refractivity contribution in [1.29, 1.82) is 0 Å². The first-order chi connectivity index (χ1) is 13.5. The molecular weight excluding hydrogens is 372 g/mol. The molecule has 0 amide bonds. The van der Waals surface area contributed by atoms with Crippen molar-refractivity contribution in [2.24, 2.45) is 5.41 Å². The lowest BCUT2D eigenvalue weighted by Gasteiger charge is -2.35. The van der Waals surface area contributed by atoms with Gasteiger partial charge in [0.1, 0.15) is 0 Å². The number of Topliss-reactive ketones (excluding diaryl/α,β-unsaturated/α-hetero) is 1. The van der Waals surface area contributed by atoms with Gasteiger partial charge in [-0.15, -0.1) is 0 Å². The van der Waals surface area contributed by atoms with Crippen LogP contribution in [0.4, 0.5) is 5.13 Å². The zero-order chi connectivity index (χ0) is 19.3. The number of carbonyl (C=O) groups is 1. The number of thiazole rings is 1. The van der Waals surface area contributed by atoms with Gasteiger partial charge in [0.15, 0.2) is 10.9 Å². The van der Waals surface area contributed by atoms with Crippen molar-refractivity contribution in [2.45, 2.75) is 39.3 Å². The first kappa shape index (κ1) is 17.8. The van der Waals surface area contributed by atoms with Crippen LogP contribution in [0, 0.1) is 5.41 Å². The molecule has 2 aliphatic rings. The van der Waals surface area contributed by atoms with Gasteiger partial charge in [0, 0.05) is 19.5 Å². The van der Waals surface area contributed by atoms with Crippen LogP contribution in [0.1, 0.15) is 35.6 Å². The molecule has 0 saturated carbocycles. The average Bonchev–Trinajstić information content (AvgIpc) is 3.26. The summed E-state index contributed by atoms with van der Waals surface area (Å²) >= 11 is 1.56. The molecule has 28 heavy (non-hydrogen) atoms. The lowest BCUT2D eigenvalue weighted by Crippen LogP contribution is -2.47. The Balaban J connectivity index is 1.45. The second kappa shape index (κ2) is 6.67. The Labute approximate surface area is 168 Å². The van der Waals surface area contributed by atoms with Crippen molar-refractivity contribution >= 4 is 33.3 Å². The fourth-order valence-electron chi connectivity index (χ4n) is 4.27. The number of ether oxygens (including phenoxy) is 1. The highest BCUT2D eigenvalue weighted by Crippen LogP contribution is 2.40. The quantitative estimate of drug-likeness (QED) is 0.678. The number of benzene rings is 1. The largest absolute Gasteiger partial charge is 0.377 e. The highest BCUT2D eigenvalue weighted by Gasteiger charge is 2.36. The van der Waals surface area contributed by atoms with Crippen molar-refractivity contribution < 1.29 is 9.53 Å². The zero-order valence-electron chi connectivity index (χ0n) is 16.2. The van der Waals surface area contributed by atoms with E-state index in [1.807, 2.05) is 24.5 Å². The Morgan fingerprint density at radius 1 is 1.29 bits per heavy atom. The van der Waals surface area contributed by atoms with Gasteiger partial charge in [-0.25, -0.2) is 9.97 Å². The Morgan fingerprint density at radius 2 is 2.14 bits per heavy atom. The van der Waals surface area contributed by atoms with E-state index in [4.69, 9.17) is 9.72 Å². The van der Waals surface area contributed by atoms with E-state index in [-0.39, 0.29) is 17.2 Å². The van der Waals surface area contributed by atoms with Gasteiger partial charge in [0.05, 0.1) is 47.2 Å². The van der Waals surface area contributed by atoms with Crippen LogP contribution in [0.25, 0.3) is 11.0 Å². The molecule has 0 bridgehead atoms. The predicted octanol–water partition coefficient (Wildman–Crippen LogP) is 3.55. The lowest BCUT2D eigenvalue weighted by molar-refractivity contribution is 0.0891. The molecule has 1 saturated heterocycles. The molecule has 6 nitrogen and oxygen atoms in total. The van der Waals surface area contributed by atoms with E-state index in [2.05, 4.69) is 34.4 Å². The molecule has 7 heteroatoms. The predicted molar refractivity (Wildman–Crippen MR) is 110 cm³/mol. The van der Waals surface area contributed by atoms with Crippen LogP contribution in [-0.2, 0) is 17.7 Å². The minimum absolute atomic E-state index is 0.00440. The minimum Gasteiger partial charge on any atom is -0.377 e. The van der Waals surface area contributed by atoms with Crippen LogP contribution >= 0.6 is 11.3 Å². The van der Waals surface area contributed by atoms with Crippen LogP contribution < -0.4 is 4.90 Å². The second-order valence-corrected chi connectivity index (χ2v) is 9.50. The van der Waals surface area contributed by atoms with E-state index in [9.17, 15) is 4.79 Å². The number of fused-ring (bicyclic) bond motifs is 2. The molecule has 3 heterocycles. The van der Waals surface area contributed by atoms with Gasteiger partial charge in [0.2, 0.25) is 0 Å². The lowest BCUT2D eigenvalue weighted by atomic mass is 9.78. The molecule has 1 fully saturated rings. The molecule has 0 N–H and O–H groups in total. The summed E-state index contributed by atoms with van der Waals surface area (Å²) in [5.41, 5.74) is 3.10. The maximum Gasteiger partial charge on any atom is 0.186 e. The molecule has 146 valence electrons. The number of hydrogen-bond acceptors (Lipinski definition) is 6. The molecule has 1 aliphatic carbocycles. The Morgan fingerprint density at radius 3 is 3.04 bits per heavy atom. The van der Waals surface area contributed by atoms with E-state index in [0.717, 1.165) is 46.2 Å². The van der Waals surface area contributed by atoms with Gasteiger partial charge in [-0.05, 0) is 24.0 Å². The van der Waals surface area contributed by atoms with Crippen LogP contribution in [-0.4, -0.2) is 46.1 Å². The molecule has 1 aliphatic heterocycles. The number of anilines is 1. The summed E-state index contributed by atoms with van der Waals surface area (Å²) in [6, 6.07) is 8.34. The number of carbonyl (C=O) groups excluding carboxylic acids is 1. The van der Waals surface area contributed by atoms with Gasteiger partial charge in [0.25, 0.3) is 0 Å². The van der Waals surface area contributed by atoms with Crippen molar-refractivity contribution in [1.82, 2.24) is 14.5 Å². The smallest absolute Gasteiger partial charge is 0.186 e. The maximum absolute atomic E-state index is 12.6. The van der Waals surface area contributed by atoms with E-state index >= 15 is 0 Å². The fraction of sp³-hybridized carbons (Fsp3) is 0.476. The van der Waals surface area contributed by atoms with Gasteiger partial charge in [-0.2, -0.15) is 0 Å². The average molecular weight is 397 g/mol. The number of para-hydroxylation sites is 2. The SMILES string of the molecule is CC1(C)CC(=O)c2sc(N3CCOCC3Cn3cnc4ccccc43)nc2C1. The first-order valence-electron chi connectivity index (χ1n) is 9.77. The summed E-state index contributed by atoms with van der Waals surface area (Å²) in [6.07, 6.45) is 3.37. The molecule has 1 unspecified atom stereocenters. The first-order valence-corrected chi connectivity index (χ1v) is 10.6. The van der Waals surface area contributed by atoms with E-state index in [0.29, 0.717) is 19.6 Å². The summed E-state index contributed by atoms with van der Waals surface area (Å²) in [4.78, 5) is 25.2. The number of hydrogen-bond donors (Lipinski definition) is 0. The standard InChI is InChI=1S/C21H24N4O2S/c1-21(2)9-16-19(18(26)10-21)28-20(23-16)25-7-8-27-12-14(25)11-24-13-22-15-5-3-4-6-17(15)24/h3-6,13-14H,7-12H2,1-2H3. The molecule has 1 aromatic carbocycles. The number of nitrogens with zero attached hydrogens (tertiary/aromatic N) is 4. The molecule has 0 radical (unpaired) electrons. The fourth-order valence-corrected chi connectivity index (χ4v) is 5.39. The zero-order valence-corrected chi connectivity index (χ0v) is 17.0. The van der Waals surface area contributed by atoms with Crippen LogP contribution in [0.5, 0.6) is 0 Å². The third-order valence-corrected chi connectivity index (χ3v) is 6.81. The van der Waals surface area contributed by atoms with E-state index in [1.165, 1.54) is 0 Å². The maximum atomic E-state index is 12.6. The minimum atomic E-state index is -0.00440. The highest BCUT2D eigenvalue weighted by molar-refractivity contribution is 7.17. The Bertz CT molecular complexity index is 1040. The number of morpholine rings is 1. The Kier molecular flexibility index (Phi) is 4.25. The monoisotopic (exact) mass is 396 g/mol. The summed E-state index contributed by atoms with van der Waals surface area (Å²) in [6.45, 7) is 7.20. The summed E-state index contributed by atoms with van der Waals surface area (Å²) in [7, 11) is 0. The van der Waals surface area contributed by atoms with Crippen molar-refractivity contribution in [2.75, 3.05) is 24.7 Å². The summed E-state index contributed by atoms with van der Waals surface area (Å²) in [5, 5.41) is 0.953. The highest BCUT2D eigenvalue weighted by atomic mass is 32.1. The normalized spacial score (nSPS) is 21.9. The summed E-state index contributed by atoms with van der Waals surface area (Å²) < 4.78 is 7.97. The molecule has 3 aromatic rings. The molecular formula is C21H24N4O2S. The van der Waals surface area contributed by atoms with E-state index < -0.39 is 0 Å². The van der Waals surface area contributed by atoms with Crippen LogP contribution in [0.3, 0.4) is 0 Å². The van der Waals surface area contributed by atoms with Gasteiger partial charge < -0.3 is 14.2 Å². The Hall–Kier alpha value is -2.25. The van der Waals surface area contributed by atoms with Crippen molar-refractivity contribution in [3.8, 4) is 0 Å². The summed E-state index contributed by atoms with van der Waals surface area (Å²) in [5.74, 6) is 0.236. The number of aromatic nitrogens is 3. The van der Waals surface area contributed by atoms with Gasteiger partial charge >= 0.3 is 0 Å². The number of ketones is 1. The van der Waals surface area contributed by atoms with Crippen LogP contribution in [0.2, 0.25) is 0 Å². The van der Waals surface area contributed by atoms with E-state index in [1.54, 1.807) is 11.3 Å². The second-order valence-electron chi connectivity index (χ2n) is 8.52. The van der Waals surface area contributed by atoms with Crippen LogP contribution in [0.15, 0.2) is 30.6 Å². The van der Waals surface area contributed by atoms with Gasteiger partial charge in [-0.3, -0.25) is 4.79 Å². The number of imidazole rings is 1. The van der Waals surface area contributed by atoms with Crippen molar-refractivity contribution in [3.63, 3.8) is 0 Å². The van der Waals surface area contributed by atoms with Crippen molar-refractivity contribution in [3.05, 3.63) is 41.2 Å². The third-order valence-electron chi connectivity index (χ3n) is 5.63. The molecule has 1 atom stereocenters. The molecule has 0 spiro atoms. The molecule has 2 aromatic heterocycles. The number of rotatable bonds is 3. The molecule has 5 rings (SSSR count). The topological polar surface area (TPSA) is 60.2 Å².